The Balaban J connectivity index is 2.61. The number of benzene rings is 1. The second-order valence-corrected chi connectivity index (χ2v) is 6.36. The van der Waals surface area contributed by atoms with Crippen molar-refractivity contribution < 1.29 is 14.1 Å². The Hall–Kier alpha value is -1.36. The van der Waals surface area contributed by atoms with Crippen molar-refractivity contribution in [3.8, 4) is 5.75 Å². The molecule has 1 aromatic rings. The third-order valence-electron chi connectivity index (χ3n) is 3.12. The Kier molecular flexibility index (Phi) is 6.02. The largest absolute Gasteiger partial charge is 0.507 e. The van der Waals surface area contributed by atoms with Crippen molar-refractivity contribution in [3.63, 3.8) is 0 Å². The first-order chi connectivity index (χ1) is 8.95. The molecule has 0 spiro atoms. The van der Waals surface area contributed by atoms with Gasteiger partial charge in [0.25, 0.3) is 5.91 Å². The molecule has 106 valence electrons. The smallest absolute Gasteiger partial charge is 0.255 e. The molecule has 5 heteroatoms. The minimum absolute atomic E-state index is 0.0122. The number of rotatable bonds is 6. The molecule has 0 unspecified atom stereocenters. The van der Waals surface area contributed by atoms with Crippen LogP contribution in [-0.2, 0) is 17.2 Å². The fourth-order valence-corrected chi connectivity index (χ4v) is 2.08. The first-order valence-corrected chi connectivity index (χ1v) is 8.00. The Bertz CT molecular complexity index is 474. The number of amides is 1. The summed E-state index contributed by atoms with van der Waals surface area (Å²) in [5, 5.41) is 12.5. The molecule has 0 aliphatic rings. The molecule has 1 amide bonds. The number of hydrogen-bond acceptors (Lipinski definition) is 3. The normalized spacial score (nSPS) is 13.8. The maximum absolute atomic E-state index is 11.9. The van der Waals surface area contributed by atoms with Crippen molar-refractivity contribution in [2.24, 2.45) is 0 Å². The van der Waals surface area contributed by atoms with Gasteiger partial charge in [0.2, 0.25) is 0 Å². The molecular formula is C14H21NO3S. The van der Waals surface area contributed by atoms with Crippen molar-refractivity contribution in [1.82, 2.24) is 5.32 Å². The van der Waals surface area contributed by atoms with Crippen LogP contribution in [0.15, 0.2) is 18.2 Å². The molecule has 0 saturated heterocycles. The van der Waals surface area contributed by atoms with Crippen LogP contribution in [-0.4, -0.2) is 33.3 Å². The van der Waals surface area contributed by atoms with Crippen LogP contribution in [0.3, 0.4) is 0 Å². The number of carbonyl (C=O) groups excluding carboxylic acids is 1. The van der Waals surface area contributed by atoms with Crippen molar-refractivity contribution in [2.75, 3.05) is 12.8 Å². The van der Waals surface area contributed by atoms with Crippen LogP contribution in [0.1, 0.15) is 36.2 Å². The molecular weight excluding hydrogens is 262 g/mol. The highest BCUT2D eigenvalue weighted by atomic mass is 32.2. The summed E-state index contributed by atoms with van der Waals surface area (Å²) in [5.74, 6) is -0.302. The molecule has 4 nitrogen and oxygen atoms in total. The zero-order chi connectivity index (χ0) is 14.4. The van der Waals surface area contributed by atoms with Gasteiger partial charge in [-0.1, -0.05) is 19.9 Å². The van der Waals surface area contributed by atoms with E-state index in [1.165, 1.54) is 6.07 Å². The maximum atomic E-state index is 11.9. The zero-order valence-electron chi connectivity index (χ0n) is 11.6. The van der Waals surface area contributed by atoms with Crippen LogP contribution in [0.5, 0.6) is 5.75 Å². The summed E-state index contributed by atoms with van der Waals surface area (Å²) in [6, 6.07) is 5.04. The molecule has 19 heavy (non-hydrogen) atoms. The van der Waals surface area contributed by atoms with Gasteiger partial charge in [0.05, 0.1) is 5.56 Å². The Morgan fingerprint density at radius 1 is 1.47 bits per heavy atom. The van der Waals surface area contributed by atoms with E-state index in [-0.39, 0.29) is 16.9 Å². The molecule has 0 radical (unpaired) electrons. The number of carbonyl (C=O) groups is 1. The van der Waals surface area contributed by atoms with Gasteiger partial charge in [-0.2, -0.15) is 0 Å². The summed E-state index contributed by atoms with van der Waals surface area (Å²) in [7, 11) is -0.880. The van der Waals surface area contributed by atoms with E-state index in [1.54, 1.807) is 18.4 Å². The highest BCUT2D eigenvalue weighted by molar-refractivity contribution is 7.84. The topological polar surface area (TPSA) is 66.4 Å². The summed E-state index contributed by atoms with van der Waals surface area (Å²) in [6.07, 6.45) is 3.12. The molecule has 0 aliphatic carbocycles. The second kappa shape index (κ2) is 7.28. The van der Waals surface area contributed by atoms with Crippen LogP contribution < -0.4 is 5.32 Å². The predicted octanol–water partition coefficient (Wildman–Crippen LogP) is 1.84. The van der Waals surface area contributed by atoms with E-state index in [4.69, 9.17) is 0 Å². The maximum Gasteiger partial charge on any atom is 0.255 e. The van der Waals surface area contributed by atoms with Crippen LogP contribution in [0.2, 0.25) is 0 Å². The first-order valence-electron chi connectivity index (χ1n) is 6.38. The third kappa shape index (κ3) is 4.67. The molecule has 2 atom stereocenters. The summed E-state index contributed by atoms with van der Waals surface area (Å²) in [5.41, 5.74) is 1.30. The molecule has 1 aromatic carbocycles. The lowest BCUT2D eigenvalue weighted by molar-refractivity contribution is 0.0950. The summed E-state index contributed by atoms with van der Waals surface area (Å²) in [6.45, 7) is 4.33. The minimum Gasteiger partial charge on any atom is -0.507 e. The summed E-state index contributed by atoms with van der Waals surface area (Å²) >= 11 is 0. The van der Waals surface area contributed by atoms with Crippen LogP contribution in [0.4, 0.5) is 0 Å². The van der Waals surface area contributed by atoms with Crippen LogP contribution >= 0.6 is 0 Å². The van der Waals surface area contributed by atoms with Crippen molar-refractivity contribution in [1.29, 1.82) is 0 Å². The number of phenols is 1. The predicted molar refractivity (Wildman–Crippen MR) is 78.0 cm³/mol. The van der Waals surface area contributed by atoms with Gasteiger partial charge in [-0.05, 0) is 30.5 Å². The average molecular weight is 283 g/mol. The van der Waals surface area contributed by atoms with E-state index < -0.39 is 10.8 Å². The molecule has 0 fully saturated rings. The van der Waals surface area contributed by atoms with E-state index in [0.29, 0.717) is 18.5 Å². The average Bonchev–Trinajstić information content (AvgIpc) is 2.38. The van der Waals surface area contributed by atoms with Crippen molar-refractivity contribution >= 4 is 16.7 Å². The van der Waals surface area contributed by atoms with Gasteiger partial charge >= 0.3 is 0 Å². The van der Waals surface area contributed by atoms with Gasteiger partial charge in [-0.25, -0.2) is 0 Å². The van der Waals surface area contributed by atoms with Gasteiger partial charge in [0, 0.05) is 28.9 Å². The fourth-order valence-electron chi connectivity index (χ4n) is 1.64. The number of hydrogen-bond donors (Lipinski definition) is 2. The van der Waals surface area contributed by atoms with Gasteiger partial charge < -0.3 is 10.4 Å². The van der Waals surface area contributed by atoms with E-state index in [2.05, 4.69) is 5.32 Å². The summed E-state index contributed by atoms with van der Waals surface area (Å²) in [4.78, 5) is 11.9. The third-order valence-corrected chi connectivity index (χ3v) is 4.49. The SMILES string of the molecule is CCc1ccc(O)c(C(=O)NCC[C@@H](C)[S@](C)=O)c1. The number of aryl methyl sites for hydroxylation is 1. The van der Waals surface area contributed by atoms with Gasteiger partial charge in [-0.15, -0.1) is 0 Å². The molecule has 2 N–H and O–H groups in total. The lowest BCUT2D eigenvalue weighted by Gasteiger charge is -2.10. The fraction of sp³-hybridized carbons (Fsp3) is 0.500. The zero-order valence-corrected chi connectivity index (χ0v) is 12.4. The number of phenolic OH excluding ortho intramolecular Hbond substituents is 1. The molecule has 1 rings (SSSR count). The lowest BCUT2D eigenvalue weighted by Crippen LogP contribution is -2.27. The molecule has 0 heterocycles. The van der Waals surface area contributed by atoms with Crippen LogP contribution in [0.25, 0.3) is 0 Å². The van der Waals surface area contributed by atoms with E-state index in [0.717, 1.165) is 12.0 Å². The second-order valence-electron chi connectivity index (χ2n) is 4.56. The van der Waals surface area contributed by atoms with Gasteiger partial charge in [-0.3, -0.25) is 9.00 Å². The minimum atomic E-state index is -0.880. The highest BCUT2D eigenvalue weighted by Crippen LogP contribution is 2.18. The van der Waals surface area contributed by atoms with Gasteiger partial charge in [0.1, 0.15) is 5.75 Å². The van der Waals surface area contributed by atoms with Crippen LogP contribution in [0, 0.1) is 0 Å². The monoisotopic (exact) mass is 283 g/mol. The summed E-state index contributed by atoms with van der Waals surface area (Å²) < 4.78 is 11.2. The van der Waals surface area contributed by atoms with E-state index in [1.807, 2.05) is 13.8 Å². The van der Waals surface area contributed by atoms with E-state index >= 15 is 0 Å². The molecule has 0 aliphatic heterocycles. The molecule has 0 saturated carbocycles. The lowest BCUT2D eigenvalue weighted by atomic mass is 10.1. The standard InChI is InChI=1S/C14H21NO3S/c1-4-11-5-6-13(16)12(9-11)14(17)15-8-7-10(2)19(3)18/h5-6,9-10,16H,4,7-8H2,1-3H3,(H,15,17)/t10-,19+/m1/s1. The Morgan fingerprint density at radius 3 is 2.74 bits per heavy atom. The first kappa shape index (κ1) is 15.7. The van der Waals surface area contributed by atoms with Crippen molar-refractivity contribution in [2.45, 2.75) is 31.9 Å². The Labute approximate surface area is 116 Å². The van der Waals surface area contributed by atoms with Crippen molar-refractivity contribution in [3.05, 3.63) is 29.3 Å². The molecule has 0 aromatic heterocycles. The van der Waals surface area contributed by atoms with E-state index in [9.17, 15) is 14.1 Å². The number of nitrogens with one attached hydrogen (secondary N) is 1. The number of aromatic hydroxyl groups is 1. The highest BCUT2D eigenvalue weighted by Gasteiger charge is 2.12. The quantitative estimate of drug-likeness (QED) is 0.837. The molecule has 0 bridgehead atoms. The Morgan fingerprint density at radius 2 is 2.16 bits per heavy atom. The van der Waals surface area contributed by atoms with Gasteiger partial charge in [0.15, 0.2) is 0 Å².